The Bertz CT molecular complexity index is 629. The highest BCUT2D eigenvalue weighted by Gasteiger charge is 2.24. The average molecular weight is 322 g/mol. The van der Waals surface area contributed by atoms with Crippen LogP contribution < -0.4 is 0 Å². The van der Waals surface area contributed by atoms with E-state index in [-0.39, 0.29) is 22.1 Å². The smallest absolute Gasteiger partial charge is 0.261 e. The standard InChI is InChI=1S/C13H17ClFNO3S/c1-5-16(8(2)3)13(17)11-6-10(15)7-12(9(11)4)20(14,18)19/h6-8H,5H2,1-4H3. The van der Waals surface area contributed by atoms with Crippen molar-refractivity contribution in [2.45, 2.75) is 38.6 Å². The predicted molar refractivity (Wildman–Crippen MR) is 76.0 cm³/mol. The van der Waals surface area contributed by atoms with Crippen LogP contribution in [0.1, 0.15) is 36.7 Å². The average Bonchev–Trinajstić information content (AvgIpc) is 2.30. The van der Waals surface area contributed by atoms with Gasteiger partial charge in [0.2, 0.25) is 0 Å². The molecule has 0 atom stereocenters. The number of halogens is 2. The fourth-order valence-corrected chi connectivity index (χ4v) is 3.24. The molecule has 0 aromatic heterocycles. The first kappa shape index (κ1) is 16.9. The summed E-state index contributed by atoms with van der Waals surface area (Å²) in [5, 5.41) is 0. The summed E-state index contributed by atoms with van der Waals surface area (Å²) in [6.07, 6.45) is 0. The van der Waals surface area contributed by atoms with Gasteiger partial charge in [0.1, 0.15) is 5.82 Å². The number of amides is 1. The third kappa shape index (κ3) is 3.49. The molecule has 1 rings (SSSR count). The van der Waals surface area contributed by atoms with Gasteiger partial charge in [-0.15, -0.1) is 0 Å². The number of hydrogen-bond donors (Lipinski definition) is 0. The van der Waals surface area contributed by atoms with E-state index in [4.69, 9.17) is 10.7 Å². The number of rotatable bonds is 4. The van der Waals surface area contributed by atoms with Crippen molar-refractivity contribution in [1.29, 1.82) is 0 Å². The quantitative estimate of drug-likeness (QED) is 0.801. The highest BCUT2D eigenvalue weighted by molar-refractivity contribution is 8.13. The maximum atomic E-state index is 13.6. The van der Waals surface area contributed by atoms with Crippen LogP contribution in [0.25, 0.3) is 0 Å². The SMILES string of the molecule is CCN(C(=O)c1cc(F)cc(S(=O)(=O)Cl)c1C)C(C)C. The molecule has 0 aliphatic carbocycles. The van der Waals surface area contributed by atoms with E-state index in [0.717, 1.165) is 12.1 Å². The number of carbonyl (C=O) groups excluding carboxylic acids is 1. The Labute approximate surface area is 123 Å². The zero-order chi connectivity index (χ0) is 15.7. The molecule has 0 heterocycles. The molecule has 0 spiro atoms. The minimum Gasteiger partial charge on any atom is -0.336 e. The van der Waals surface area contributed by atoms with Crippen LogP contribution in [-0.2, 0) is 9.05 Å². The molecule has 0 aliphatic rings. The highest BCUT2D eigenvalue weighted by Crippen LogP contribution is 2.25. The largest absolute Gasteiger partial charge is 0.336 e. The topological polar surface area (TPSA) is 54.5 Å². The summed E-state index contributed by atoms with van der Waals surface area (Å²) in [5.41, 5.74) is 0.172. The van der Waals surface area contributed by atoms with Gasteiger partial charge in [-0.25, -0.2) is 12.8 Å². The Kier molecular flexibility index (Phi) is 5.15. The molecule has 20 heavy (non-hydrogen) atoms. The Morgan fingerprint density at radius 2 is 1.95 bits per heavy atom. The Hall–Kier alpha value is -1.14. The summed E-state index contributed by atoms with van der Waals surface area (Å²) in [6, 6.07) is 1.78. The van der Waals surface area contributed by atoms with Crippen molar-refractivity contribution < 1.29 is 17.6 Å². The molecule has 7 heteroatoms. The van der Waals surface area contributed by atoms with Crippen molar-refractivity contribution in [2.75, 3.05) is 6.54 Å². The molecule has 112 valence electrons. The molecule has 1 aromatic rings. The molecule has 0 saturated carbocycles. The lowest BCUT2D eigenvalue weighted by molar-refractivity contribution is 0.0715. The van der Waals surface area contributed by atoms with Crippen LogP contribution in [0, 0.1) is 12.7 Å². The van der Waals surface area contributed by atoms with E-state index in [9.17, 15) is 17.6 Å². The van der Waals surface area contributed by atoms with E-state index < -0.39 is 20.8 Å². The zero-order valence-electron chi connectivity index (χ0n) is 11.8. The van der Waals surface area contributed by atoms with Crippen molar-refractivity contribution in [1.82, 2.24) is 4.90 Å². The molecule has 0 fully saturated rings. The van der Waals surface area contributed by atoms with E-state index >= 15 is 0 Å². The van der Waals surface area contributed by atoms with Crippen LogP contribution in [0.2, 0.25) is 0 Å². The highest BCUT2D eigenvalue weighted by atomic mass is 35.7. The van der Waals surface area contributed by atoms with E-state index in [1.807, 2.05) is 13.8 Å². The maximum absolute atomic E-state index is 13.6. The van der Waals surface area contributed by atoms with Gasteiger partial charge in [0, 0.05) is 28.8 Å². The second kappa shape index (κ2) is 6.10. The zero-order valence-corrected chi connectivity index (χ0v) is 13.3. The minimum absolute atomic E-state index is 0.0137. The van der Waals surface area contributed by atoms with E-state index in [0.29, 0.717) is 6.54 Å². The molecular formula is C13H17ClFNO3S. The van der Waals surface area contributed by atoms with Crippen molar-refractivity contribution in [3.8, 4) is 0 Å². The second-order valence-electron chi connectivity index (χ2n) is 4.70. The first-order valence-corrected chi connectivity index (χ1v) is 8.46. The van der Waals surface area contributed by atoms with Crippen LogP contribution in [0.15, 0.2) is 17.0 Å². The maximum Gasteiger partial charge on any atom is 0.261 e. The molecule has 0 aliphatic heterocycles. The monoisotopic (exact) mass is 321 g/mol. The van der Waals surface area contributed by atoms with Gasteiger partial charge in [0.25, 0.3) is 15.0 Å². The molecule has 1 amide bonds. The van der Waals surface area contributed by atoms with Crippen molar-refractivity contribution >= 4 is 25.6 Å². The van der Waals surface area contributed by atoms with Crippen LogP contribution in [0.5, 0.6) is 0 Å². The first-order valence-electron chi connectivity index (χ1n) is 6.15. The lowest BCUT2D eigenvalue weighted by Crippen LogP contribution is -2.37. The van der Waals surface area contributed by atoms with E-state index in [1.54, 1.807) is 6.92 Å². The first-order chi connectivity index (χ1) is 9.09. The Balaban J connectivity index is 3.47. The lowest BCUT2D eigenvalue weighted by atomic mass is 10.1. The van der Waals surface area contributed by atoms with Crippen molar-refractivity contribution in [3.05, 3.63) is 29.1 Å². The third-order valence-electron chi connectivity index (χ3n) is 3.04. The van der Waals surface area contributed by atoms with Gasteiger partial charge < -0.3 is 4.90 Å². The fraction of sp³-hybridized carbons (Fsp3) is 0.462. The van der Waals surface area contributed by atoms with Gasteiger partial charge in [0.15, 0.2) is 0 Å². The van der Waals surface area contributed by atoms with Crippen LogP contribution in [0.4, 0.5) is 4.39 Å². The van der Waals surface area contributed by atoms with Gasteiger partial charge in [-0.1, -0.05) is 0 Å². The molecule has 0 radical (unpaired) electrons. The number of hydrogen-bond acceptors (Lipinski definition) is 3. The van der Waals surface area contributed by atoms with E-state index in [1.165, 1.54) is 11.8 Å². The molecule has 0 saturated heterocycles. The van der Waals surface area contributed by atoms with Crippen molar-refractivity contribution in [3.63, 3.8) is 0 Å². The summed E-state index contributed by atoms with van der Waals surface area (Å²) >= 11 is 0. The van der Waals surface area contributed by atoms with E-state index in [2.05, 4.69) is 0 Å². The number of nitrogens with zero attached hydrogens (tertiary/aromatic N) is 1. The predicted octanol–water partition coefficient (Wildman–Crippen LogP) is 2.93. The molecule has 0 unspecified atom stereocenters. The van der Waals surface area contributed by atoms with Crippen LogP contribution in [-0.4, -0.2) is 31.8 Å². The molecule has 0 N–H and O–H groups in total. The summed E-state index contributed by atoms with van der Waals surface area (Å²) in [5.74, 6) is -1.22. The molecule has 0 bridgehead atoms. The van der Waals surface area contributed by atoms with Gasteiger partial charge in [0.05, 0.1) is 4.90 Å². The summed E-state index contributed by atoms with van der Waals surface area (Å²) in [4.78, 5) is 13.5. The minimum atomic E-state index is -4.10. The Morgan fingerprint density at radius 1 is 1.40 bits per heavy atom. The summed E-state index contributed by atoms with van der Waals surface area (Å²) < 4.78 is 36.4. The van der Waals surface area contributed by atoms with Gasteiger partial charge in [-0.2, -0.15) is 0 Å². The van der Waals surface area contributed by atoms with Crippen LogP contribution >= 0.6 is 10.7 Å². The summed E-state index contributed by atoms with van der Waals surface area (Å²) in [7, 11) is 1.17. The normalized spacial score (nSPS) is 11.8. The van der Waals surface area contributed by atoms with Gasteiger partial charge in [-0.05, 0) is 45.4 Å². The van der Waals surface area contributed by atoms with Gasteiger partial charge in [-0.3, -0.25) is 4.79 Å². The molecule has 4 nitrogen and oxygen atoms in total. The second-order valence-corrected chi connectivity index (χ2v) is 7.23. The molecular weight excluding hydrogens is 305 g/mol. The third-order valence-corrected chi connectivity index (χ3v) is 4.49. The van der Waals surface area contributed by atoms with Gasteiger partial charge >= 0.3 is 0 Å². The number of carbonyl (C=O) groups is 1. The lowest BCUT2D eigenvalue weighted by Gasteiger charge is -2.26. The van der Waals surface area contributed by atoms with Crippen molar-refractivity contribution in [2.24, 2.45) is 0 Å². The number of benzene rings is 1. The van der Waals surface area contributed by atoms with Crippen LogP contribution in [0.3, 0.4) is 0 Å². The fourth-order valence-electron chi connectivity index (χ4n) is 2.03. The molecule has 1 aromatic carbocycles. The summed E-state index contributed by atoms with van der Waals surface area (Å²) in [6.45, 7) is 7.34. The Morgan fingerprint density at radius 3 is 2.35 bits per heavy atom.